The van der Waals surface area contributed by atoms with E-state index in [0.717, 1.165) is 11.3 Å². The summed E-state index contributed by atoms with van der Waals surface area (Å²) in [5.74, 6) is 1.69. The van der Waals surface area contributed by atoms with Crippen LogP contribution in [0.1, 0.15) is 31.0 Å². The zero-order valence-corrected chi connectivity index (χ0v) is 8.41. The monoisotopic (exact) mass is 207 g/mol. The van der Waals surface area contributed by atoms with Gasteiger partial charge >= 0.3 is 0 Å². The predicted molar refractivity (Wildman–Crippen MR) is 54.6 cm³/mol. The first-order valence-corrected chi connectivity index (χ1v) is 5.21. The average molecular weight is 208 g/mol. The van der Waals surface area contributed by atoms with Gasteiger partial charge in [0.2, 0.25) is 0 Å². The molecule has 0 atom stereocenters. The first-order valence-electron chi connectivity index (χ1n) is 4.84. The fraction of sp³-hybridized carbons (Fsp3) is 0.400. The van der Waals surface area contributed by atoms with Gasteiger partial charge in [-0.25, -0.2) is 4.98 Å². The van der Waals surface area contributed by atoms with Crippen molar-refractivity contribution in [1.82, 2.24) is 14.4 Å². The minimum absolute atomic E-state index is 0.569. The Kier molecular flexibility index (Phi) is 1.74. The molecule has 0 N–H and O–H groups in total. The number of hydrogen-bond donors (Lipinski definition) is 0. The zero-order valence-electron chi connectivity index (χ0n) is 7.65. The van der Waals surface area contributed by atoms with Crippen LogP contribution in [0.15, 0.2) is 18.6 Å². The van der Waals surface area contributed by atoms with E-state index in [1.165, 1.54) is 19.3 Å². The van der Waals surface area contributed by atoms with Crippen molar-refractivity contribution >= 4 is 17.1 Å². The number of nitrogens with zero attached hydrogens (tertiary/aromatic N) is 3. The normalized spacial score (nSPS) is 17.2. The second kappa shape index (κ2) is 2.95. The summed E-state index contributed by atoms with van der Waals surface area (Å²) in [4.78, 5) is 8.45. The molecule has 1 aliphatic carbocycles. The highest BCUT2D eigenvalue weighted by Gasteiger charge is 2.24. The van der Waals surface area contributed by atoms with Gasteiger partial charge in [-0.3, -0.25) is 9.38 Å². The minimum atomic E-state index is 0.569. The van der Waals surface area contributed by atoms with Crippen LogP contribution in [0.4, 0.5) is 0 Å². The fourth-order valence-electron chi connectivity index (χ4n) is 1.88. The van der Waals surface area contributed by atoms with E-state index in [-0.39, 0.29) is 0 Å². The van der Waals surface area contributed by atoms with Gasteiger partial charge in [-0.1, -0.05) is 18.0 Å². The highest BCUT2D eigenvalue weighted by Crippen LogP contribution is 2.36. The first kappa shape index (κ1) is 8.24. The molecule has 1 aliphatic rings. The van der Waals surface area contributed by atoms with Crippen molar-refractivity contribution in [3.63, 3.8) is 0 Å². The molecular weight excluding hydrogens is 198 g/mol. The molecule has 0 unspecified atom stereocenters. The molecule has 1 saturated carbocycles. The molecule has 0 spiro atoms. The SMILES string of the molecule is Clc1nc(C2CCC2)n2ccncc12. The lowest BCUT2D eigenvalue weighted by Gasteiger charge is -2.23. The maximum Gasteiger partial charge on any atom is 0.156 e. The van der Waals surface area contributed by atoms with Crippen LogP contribution in [0.5, 0.6) is 0 Å². The van der Waals surface area contributed by atoms with Crippen molar-refractivity contribution in [1.29, 1.82) is 0 Å². The summed E-state index contributed by atoms with van der Waals surface area (Å²) in [5, 5.41) is 0.569. The lowest BCUT2D eigenvalue weighted by atomic mass is 9.85. The third-order valence-electron chi connectivity index (χ3n) is 2.90. The smallest absolute Gasteiger partial charge is 0.156 e. The van der Waals surface area contributed by atoms with E-state index in [2.05, 4.69) is 14.4 Å². The lowest BCUT2D eigenvalue weighted by molar-refractivity contribution is 0.400. The Hall–Kier alpha value is -1.09. The highest BCUT2D eigenvalue weighted by molar-refractivity contribution is 6.32. The Balaban J connectivity index is 2.23. The number of rotatable bonds is 1. The summed E-state index contributed by atoms with van der Waals surface area (Å²) in [5.41, 5.74) is 0.913. The molecule has 3 rings (SSSR count). The van der Waals surface area contributed by atoms with Crippen LogP contribution in [-0.4, -0.2) is 14.4 Å². The highest BCUT2D eigenvalue weighted by atomic mass is 35.5. The molecule has 0 saturated heterocycles. The maximum absolute atomic E-state index is 6.03. The molecule has 72 valence electrons. The second-order valence-corrected chi connectivity index (χ2v) is 4.08. The van der Waals surface area contributed by atoms with Crippen LogP contribution < -0.4 is 0 Å². The van der Waals surface area contributed by atoms with Gasteiger partial charge in [-0.15, -0.1) is 0 Å². The van der Waals surface area contributed by atoms with Crippen molar-refractivity contribution in [2.75, 3.05) is 0 Å². The summed E-state index contributed by atoms with van der Waals surface area (Å²) in [6.45, 7) is 0. The van der Waals surface area contributed by atoms with E-state index in [0.29, 0.717) is 11.1 Å². The molecule has 4 heteroatoms. The van der Waals surface area contributed by atoms with E-state index in [1.54, 1.807) is 12.4 Å². The maximum atomic E-state index is 6.03. The third kappa shape index (κ3) is 1.05. The molecule has 0 radical (unpaired) electrons. The van der Waals surface area contributed by atoms with Crippen molar-refractivity contribution in [3.05, 3.63) is 29.6 Å². The number of hydrogen-bond acceptors (Lipinski definition) is 2. The molecule has 0 amide bonds. The Morgan fingerprint density at radius 3 is 3.00 bits per heavy atom. The van der Waals surface area contributed by atoms with Gasteiger partial charge in [-0.05, 0) is 12.8 Å². The first-order chi connectivity index (χ1) is 6.86. The molecule has 2 aromatic heterocycles. The largest absolute Gasteiger partial charge is 0.299 e. The summed E-state index contributed by atoms with van der Waals surface area (Å²) < 4.78 is 2.05. The minimum Gasteiger partial charge on any atom is -0.299 e. The van der Waals surface area contributed by atoms with Gasteiger partial charge in [0.05, 0.1) is 6.20 Å². The molecule has 2 heterocycles. The molecule has 0 bridgehead atoms. The van der Waals surface area contributed by atoms with E-state index in [9.17, 15) is 0 Å². The Morgan fingerprint density at radius 2 is 2.29 bits per heavy atom. The zero-order chi connectivity index (χ0) is 9.54. The van der Waals surface area contributed by atoms with Crippen molar-refractivity contribution < 1.29 is 0 Å². The summed E-state index contributed by atoms with van der Waals surface area (Å²) in [6, 6.07) is 0. The molecule has 3 nitrogen and oxygen atoms in total. The standard InChI is InChI=1S/C10H10ClN3/c11-9-8-6-12-4-5-14(8)10(13-9)7-2-1-3-7/h4-7H,1-3H2. The Bertz CT molecular complexity index is 473. The van der Waals surface area contributed by atoms with Crippen molar-refractivity contribution in [2.45, 2.75) is 25.2 Å². The van der Waals surface area contributed by atoms with Crippen LogP contribution in [0.2, 0.25) is 5.15 Å². The summed E-state index contributed by atoms with van der Waals surface area (Å²) >= 11 is 6.03. The number of imidazole rings is 1. The summed E-state index contributed by atoms with van der Waals surface area (Å²) in [6.07, 6.45) is 9.24. The van der Waals surface area contributed by atoms with Gasteiger partial charge < -0.3 is 0 Å². The van der Waals surface area contributed by atoms with E-state index >= 15 is 0 Å². The van der Waals surface area contributed by atoms with Crippen LogP contribution in [0.25, 0.3) is 5.52 Å². The summed E-state index contributed by atoms with van der Waals surface area (Å²) in [7, 11) is 0. The Labute approximate surface area is 86.7 Å². The molecule has 2 aromatic rings. The average Bonchev–Trinajstić information content (AvgIpc) is 2.43. The van der Waals surface area contributed by atoms with Gasteiger partial charge in [0.25, 0.3) is 0 Å². The Morgan fingerprint density at radius 1 is 1.43 bits per heavy atom. The van der Waals surface area contributed by atoms with Crippen molar-refractivity contribution in [2.24, 2.45) is 0 Å². The molecule has 1 fully saturated rings. The molecular formula is C10H10ClN3. The van der Waals surface area contributed by atoms with Gasteiger partial charge in [0.15, 0.2) is 5.15 Å². The number of fused-ring (bicyclic) bond motifs is 1. The van der Waals surface area contributed by atoms with E-state index in [1.807, 2.05) is 6.20 Å². The predicted octanol–water partition coefficient (Wildman–Crippen LogP) is 2.65. The van der Waals surface area contributed by atoms with Gasteiger partial charge in [0.1, 0.15) is 11.3 Å². The van der Waals surface area contributed by atoms with Crippen LogP contribution in [-0.2, 0) is 0 Å². The second-order valence-electron chi connectivity index (χ2n) is 3.72. The van der Waals surface area contributed by atoms with Crippen LogP contribution in [0.3, 0.4) is 0 Å². The quantitative estimate of drug-likeness (QED) is 0.720. The van der Waals surface area contributed by atoms with E-state index < -0.39 is 0 Å². The molecule has 0 aromatic carbocycles. The van der Waals surface area contributed by atoms with E-state index in [4.69, 9.17) is 11.6 Å². The van der Waals surface area contributed by atoms with Crippen LogP contribution >= 0.6 is 11.6 Å². The third-order valence-corrected chi connectivity index (χ3v) is 3.18. The number of halogens is 1. The fourth-order valence-corrected chi connectivity index (χ4v) is 2.11. The lowest BCUT2D eigenvalue weighted by Crippen LogP contribution is -2.12. The van der Waals surface area contributed by atoms with Crippen LogP contribution in [0, 0.1) is 0 Å². The van der Waals surface area contributed by atoms with Crippen molar-refractivity contribution in [3.8, 4) is 0 Å². The van der Waals surface area contributed by atoms with Gasteiger partial charge in [-0.2, -0.15) is 0 Å². The van der Waals surface area contributed by atoms with Gasteiger partial charge in [0, 0.05) is 18.3 Å². The molecule has 0 aliphatic heterocycles. The molecule has 14 heavy (non-hydrogen) atoms. The topological polar surface area (TPSA) is 30.2 Å². The number of aromatic nitrogens is 3.